The first-order valence-electron chi connectivity index (χ1n) is 6.43. The van der Waals surface area contributed by atoms with E-state index in [9.17, 15) is 0 Å². The summed E-state index contributed by atoms with van der Waals surface area (Å²) in [6, 6.07) is 6.27. The number of hydrogen-bond donors (Lipinski definition) is 1. The Hall–Kier alpha value is -1.61. The Labute approximate surface area is 108 Å². The second-order valence-corrected chi connectivity index (χ2v) is 4.62. The van der Waals surface area contributed by atoms with Crippen LogP contribution in [0.2, 0.25) is 0 Å². The van der Waals surface area contributed by atoms with Gasteiger partial charge in [-0.1, -0.05) is 13.0 Å². The molecule has 3 heteroatoms. The highest BCUT2D eigenvalue weighted by Crippen LogP contribution is 2.21. The molecule has 0 fully saturated rings. The lowest BCUT2D eigenvalue weighted by molar-refractivity contribution is 0.570. The summed E-state index contributed by atoms with van der Waals surface area (Å²) in [5.74, 6) is 0.700. The van der Waals surface area contributed by atoms with Crippen molar-refractivity contribution in [2.45, 2.75) is 33.7 Å². The highest BCUT2D eigenvalue weighted by atomic mass is 16.3. The van der Waals surface area contributed by atoms with Crippen LogP contribution in [0.4, 0.5) is 0 Å². The largest absolute Gasteiger partial charge is 0.444 e. The van der Waals surface area contributed by atoms with Crippen LogP contribution in [0.1, 0.15) is 30.2 Å². The number of aryl methyl sites for hydroxylation is 2. The van der Waals surface area contributed by atoms with E-state index < -0.39 is 0 Å². The maximum absolute atomic E-state index is 5.53. The van der Waals surface area contributed by atoms with E-state index in [0.29, 0.717) is 5.89 Å². The molecule has 0 radical (unpaired) electrons. The number of benzene rings is 1. The molecule has 1 aromatic carbocycles. The molecule has 0 atom stereocenters. The topological polar surface area (TPSA) is 38.1 Å². The van der Waals surface area contributed by atoms with Gasteiger partial charge in [0.25, 0.3) is 0 Å². The van der Waals surface area contributed by atoms with Crippen LogP contribution >= 0.6 is 0 Å². The average Bonchev–Trinajstić information content (AvgIpc) is 2.82. The van der Waals surface area contributed by atoms with Crippen molar-refractivity contribution in [2.24, 2.45) is 0 Å². The van der Waals surface area contributed by atoms with Crippen LogP contribution in [-0.2, 0) is 6.54 Å². The Morgan fingerprint density at radius 3 is 2.78 bits per heavy atom. The third kappa shape index (κ3) is 2.99. The summed E-state index contributed by atoms with van der Waals surface area (Å²) in [5, 5.41) is 3.31. The van der Waals surface area contributed by atoms with E-state index in [1.165, 1.54) is 11.1 Å². The number of oxazole rings is 1. The van der Waals surface area contributed by atoms with Gasteiger partial charge in [0.2, 0.25) is 5.89 Å². The van der Waals surface area contributed by atoms with E-state index in [-0.39, 0.29) is 0 Å². The Bertz CT molecular complexity index is 517. The van der Waals surface area contributed by atoms with Gasteiger partial charge >= 0.3 is 0 Å². The molecule has 0 aliphatic heterocycles. The summed E-state index contributed by atoms with van der Waals surface area (Å²) in [4.78, 5) is 4.49. The van der Waals surface area contributed by atoms with Gasteiger partial charge in [-0.15, -0.1) is 0 Å². The summed E-state index contributed by atoms with van der Waals surface area (Å²) < 4.78 is 5.53. The lowest BCUT2D eigenvalue weighted by Crippen LogP contribution is -2.13. The molecule has 0 unspecified atom stereocenters. The van der Waals surface area contributed by atoms with Crippen molar-refractivity contribution >= 4 is 0 Å². The number of hydrogen-bond acceptors (Lipinski definition) is 3. The molecule has 0 aliphatic carbocycles. The van der Waals surface area contributed by atoms with Gasteiger partial charge < -0.3 is 9.73 Å². The van der Waals surface area contributed by atoms with E-state index >= 15 is 0 Å². The third-order valence-corrected chi connectivity index (χ3v) is 3.04. The summed E-state index contributed by atoms with van der Waals surface area (Å²) in [6.45, 7) is 8.13. The summed E-state index contributed by atoms with van der Waals surface area (Å²) in [7, 11) is 0. The maximum atomic E-state index is 5.53. The quantitative estimate of drug-likeness (QED) is 0.818. The van der Waals surface area contributed by atoms with Gasteiger partial charge in [-0.2, -0.15) is 0 Å². The Balaban J connectivity index is 2.11. The SMILES string of the molecule is CCCNCc1coc(-c2ccc(C)c(C)c2)n1. The van der Waals surface area contributed by atoms with Crippen molar-refractivity contribution in [3.63, 3.8) is 0 Å². The minimum Gasteiger partial charge on any atom is -0.444 e. The summed E-state index contributed by atoms with van der Waals surface area (Å²) in [5.41, 5.74) is 4.54. The molecule has 0 spiro atoms. The van der Waals surface area contributed by atoms with Gasteiger partial charge in [0.05, 0.1) is 5.69 Å². The predicted octanol–water partition coefficient (Wildman–Crippen LogP) is 3.46. The molecule has 3 nitrogen and oxygen atoms in total. The number of aromatic nitrogens is 1. The minimum atomic E-state index is 0.700. The molecule has 0 bridgehead atoms. The van der Waals surface area contributed by atoms with Gasteiger partial charge in [-0.25, -0.2) is 4.98 Å². The van der Waals surface area contributed by atoms with Crippen molar-refractivity contribution in [1.82, 2.24) is 10.3 Å². The number of nitrogens with one attached hydrogen (secondary N) is 1. The number of nitrogens with zero attached hydrogens (tertiary/aromatic N) is 1. The molecule has 18 heavy (non-hydrogen) atoms. The van der Waals surface area contributed by atoms with E-state index in [0.717, 1.165) is 30.8 Å². The van der Waals surface area contributed by atoms with Crippen LogP contribution in [0, 0.1) is 13.8 Å². The molecule has 0 saturated carbocycles. The van der Waals surface area contributed by atoms with E-state index in [4.69, 9.17) is 4.42 Å². The van der Waals surface area contributed by atoms with Gasteiger partial charge in [0.1, 0.15) is 6.26 Å². The zero-order valence-corrected chi connectivity index (χ0v) is 11.3. The first kappa shape index (κ1) is 12.8. The molecule has 0 aliphatic rings. The van der Waals surface area contributed by atoms with Crippen LogP contribution in [0.3, 0.4) is 0 Å². The predicted molar refractivity (Wildman–Crippen MR) is 73.4 cm³/mol. The molecule has 2 rings (SSSR count). The zero-order chi connectivity index (χ0) is 13.0. The molecular formula is C15H20N2O. The van der Waals surface area contributed by atoms with Crippen molar-refractivity contribution < 1.29 is 4.42 Å². The Morgan fingerprint density at radius 2 is 2.06 bits per heavy atom. The second kappa shape index (κ2) is 5.83. The van der Waals surface area contributed by atoms with Crippen molar-refractivity contribution in [2.75, 3.05) is 6.54 Å². The normalized spacial score (nSPS) is 10.8. The van der Waals surface area contributed by atoms with Crippen LogP contribution in [0.15, 0.2) is 28.9 Å². The van der Waals surface area contributed by atoms with E-state index in [1.807, 2.05) is 0 Å². The first-order chi connectivity index (χ1) is 8.70. The van der Waals surface area contributed by atoms with E-state index in [2.05, 4.69) is 49.3 Å². The fourth-order valence-electron chi connectivity index (χ4n) is 1.79. The zero-order valence-electron chi connectivity index (χ0n) is 11.3. The fraction of sp³-hybridized carbons (Fsp3) is 0.400. The molecule has 1 aromatic heterocycles. The van der Waals surface area contributed by atoms with Crippen molar-refractivity contribution in [1.29, 1.82) is 0 Å². The average molecular weight is 244 g/mol. The van der Waals surface area contributed by atoms with Crippen LogP contribution in [0.5, 0.6) is 0 Å². The minimum absolute atomic E-state index is 0.700. The monoisotopic (exact) mass is 244 g/mol. The first-order valence-corrected chi connectivity index (χ1v) is 6.43. The van der Waals surface area contributed by atoms with Gasteiger partial charge in [0, 0.05) is 12.1 Å². The maximum Gasteiger partial charge on any atom is 0.226 e. The second-order valence-electron chi connectivity index (χ2n) is 4.62. The molecule has 0 saturated heterocycles. The van der Waals surface area contributed by atoms with Gasteiger partial charge in [-0.3, -0.25) is 0 Å². The smallest absolute Gasteiger partial charge is 0.226 e. The lowest BCUT2D eigenvalue weighted by atomic mass is 10.1. The molecule has 96 valence electrons. The summed E-state index contributed by atoms with van der Waals surface area (Å²) in [6.07, 6.45) is 2.86. The van der Waals surface area contributed by atoms with Gasteiger partial charge in [0.15, 0.2) is 0 Å². The van der Waals surface area contributed by atoms with E-state index in [1.54, 1.807) is 6.26 Å². The third-order valence-electron chi connectivity index (χ3n) is 3.04. The Kier molecular flexibility index (Phi) is 4.15. The van der Waals surface area contributed by atoms with Crippen LogP contribution in [-0.4, -0.2) is 11.5 Å². The lowest BCUT2D eigenvalue weighted by Gasteiger charge is -2.01. The standard InChI is InChI=1S/C15H20N2O/c1-4-7-16-9-14-10-18-15(17-14)13-6-5-11(2)12(3)8-13/h5-6,8,10,16H,4,7,9H2,1-3H3. The molecular weight excluding hydrogens is 224 g/mol. The molecule has 0 amide bonds. The molecule has 2 aromatic rings. The molecule has 1 N–H and O–H groups in total. The van der Waals surface area contributed by atoms with Crippen LogP contribution in [0.25, 0.3) is 11.5 Å². The Morgan fingerprint density at radius 1 is 1.22 bits per heavy atom. The number of rotatable bonds is 5. The van der Waals surface area contributed by atoms with Crippen molar-refractivity contribution in [3.8, 4) is 11.5 Å². The van der Waals surface area contributed by atoms with Gasteiger partial charge in [-0.05, 0) is 50.1 Å². The highest BCUT2D eigenvalue weighted by Gasteiger charge is 2.07. The van der Waals surface area contributed by atoms with Crippen LogP contribution < -0.4 is 5.32 Å². The highest BCUT2D eigenvalue weighted by molar-refractivity contribution is 5.55. The summed E-state index contributed by atoms with van der Waals surface area (Å²) >= 11 is 0. The molecule has 1 heterocycles. The fourth-order valence-corrected chi connectivity index (χ4v) is 1.79. The van der Waals surface area contributed by atoms with Crippen molar-refractivity contribution in [3.05, 3.63) is 41.3 Å².